The molecule has 2 aromatic rings. The number of rotatable bonds is 5. The number of nitrogens with one attached hydrogen (secondary N) is 1. The Hall–Kier alpha value is -2.27. The fourth-order valence-corrected chi connectivity index (χ4v) is 1.95. The molecule has 0 aliphatic rings. The minimum atomic E-state index is -0.646. The maximum Gasteiger partial charge on any atom is 0.265 e. The number of anilines is 2. The van der Waals surface area contributed by atoms with Crippen LogP contribution in [0.3, 0.4) is 0 Å². The first-order chi connectivity index (χ1) is 10.5. The average molecular weight is 320 g/mol. The lowest BCUT2D eigenvalue weighted by Crippen LogP contribution is -2.30. The highest BCUT2D eigenvalue weighted by Crippen LogP contribution is 2.19. The van der Waals surface area contributed by atoms with Crippen LogP contribution in [0.25, 0.3) is 0 Å². The van der Waals surface area contributed by atoms with Crippen LogP contribution in [-0.2, 0) is 4.79 Å². The number of pyridine rings is 1. The number of amides is 1. The maximum atomic E-state index is 12.1. The Labute approximate surface area is 134 Å². The molecule has 1 heterocycles. The molecule has 1 atom stereocenters. The van der Waals surface area contributed by atoms with Gasteiger partial charge < -0.3 is 15.0 Å². The topological polar surface area (TPSA) is 54.5 Å². The molecule has 0 spiro atoms. The summed E-state index contributed by atoms with van der Waals surface area (Å²) in [6.45, 7) is 1.68. The van der Waals surface area contributed by atoms with Crippen LogP contribution in [0.5, 0.6) is 5.75 Å². The molecule has 116 valence electrons. The number of carbonyl (C=O) groups is 1. The molecule has 6 heteroatoms. The van der Waals surface area contributed by atoms with Crippen molar-refractivity contribution >= 4 is 29.0 Å². The molecule has 0 fully saturated rings. The first-order valence-electron chi connectivity index (χ1n) is 6.82. The molecule has 1 amide bonds. The van der Waals surface area contributed by atoms with Crippen LogP contribution in [-0.4, -0.2) is 31.1 Å². The van der Waals surface area contributed by atoms with Gasteiger partial charge in [-0.1, -0.05) is 17.7 Å². The van der Waals surface area contributed by atoms with E-state index >= 15 is 0 Å². The molecule has 0 radical (unpaired) electrons. The van der Waals surface area contributed by atoms with Crippen molar-refractivity contribution in [3.63, 3.8) is 0 Å². The lowest BCUT2D eigenvalue weighted by molar-refractivity contribution is -0.122. The largest absolute Gasteiger partial charge is 0.481 e. The summed E-state index contributed by atoms with van der Waals surface area (Å²) in [5.41, 5.74) is 0.622. The van der Waals surface area contributed by atoms with Crippen LogP contribution in [0, 0.1) is 0 Å². The second-order valence-electron chi connectivity index (χ2n) is 5.01. The minimum absolute atomic E-state index is 0.251. The summed E-state index contributed by atoms with van der Waals surface area (Å²) >= 11 is 5.89. The van der Waals surface area contributed by atoms with Gasteiger partial charge in [-0.2, -0.15) is 0 Å². The lowest BCUT2D eigenvalue weighted by atomic mass is 10.3. The molecule has 1 aromatic carbocycles. The Morgan fingerprint density at radius 3 is 2.68 bits per heavy atom. The van der Waals surface area contributed by atoms with E-state index in [2.05, 4.69) is 10.3 Å². The van der Waals surface area contributed by atoms with Gasteiger partial charge in [-0.15, -0.1) is 0 Å². The molecule has 22 heavy (non-hydrogen) atoms. The standard InChI is InChI=1S/C16H18ClN3O2/c1-11(22-14-6-4-5-12(17)9-14)16(21)19-13-7-8-15(18-10-13)20(2)3/h4-11H,1-3H3,(H,19,21). The lowest BCUT2D eigenvalue weighted by Gasteiger charge is -2.15. The smallest absolute Gasteiger partial charge is 0.265 e. The van der Waals surface area contributed by atoms with Crippen molar-refractivity contribution in [3.8, 4) is 5.75 Å². The quantitative estimate of drug-likeness (QED) is 0.919. The number of carbonyl (C=O) groups excluding carboxylic acids is 1. The van der Waals surface area contributed by atoms with Gasteiger partial charge in [-0.3, -0.25) is 4.79 Å². The number of aromatic nitrogens is 1. The fourth-order valence-electron chi connectivity index (χ4n) is 1.77. The summed E-state index contributed by atoms with van der Waals surface area (Å²) < 4.78 is 5.57. The summed E-state index contributed by atoms with van der Waals surface area (Å²) in [6, 6.07) is 10.6. The molecular formula is C16H18ClN3O2. The van der Waals surface area contributed by atoms with Crippen molar-refractivity contribution in [1.29, 1.82) is 0 Å². The van der Waals surface area contributed by atoms with Crippen molar-refractivity contribution in [2.24, 2.45) is 0 Å². The van der Waals surface area contributed by atoms with E-state index < -0.39 is 6.10 Å². The molecule has 5 nitrogen and oxygen atoms in total. The van der Waals surface area contributed by atoms with Crippen molar-refractivity contribution in [2.75, 3.05) is 24.3 Å². The van der Waals surface area contributed by atoms with E-state index in [9.17, 15) is 4.79 Å². The van der Waals surface area contributed by atoms with Gasteiger partial charge in [0.1, 0.15) is 11.6 Å². The predicted molar refractivity (Wildman–Crippen MR) is 88.7 cm³/mol. The Morgan fingerprint density at radius 2 is 2.09 bits per heavy atom. The zero-order valence-electron chi connectivity index (χ0n) is 12.7. The van der Waals surface area contributed by atoms with Gasteiger partial charge in [0.05, 0.1) is 11.9 Å². The zero-order chi connectivity index (χ0) is 16.1. The molecule has 1 unspecified atom stereocenters. The molecule has 0 aliphatic heterocycles. The van der Waals surface area contributed by atoms with Gasteiger partial charge in [0, 0.05) is 19.1 Å². The summed E-state index contributed by atoms with van der Waals surface area (Å²) in [6.07, 6.45) is 0.964. The van der Waals surface area contributed by atoms with Gasteiger partial charge in [0.2, 0.25) is 0 Å². The minimum Gasteiger partial charge on any atom is -0.481 e. The SMILES string of the molecule is CC(Oc1cccc(Cl)c1)C(=O)Nc1ccc(N(C)C)nc1. The number of hydrogen-bond acceptors (Lipinski definition) is 4. The van der Waals surface area contributed by atoms with Crippen LogP contribution >= 0.6 is 11.6 Å². The summed E-state index contributed by atoms with van der Waals surface area (Å²) in [4.78, 5) is 18.2. The highest BCUT2D eigenvalue weighted by Gasteiger charge is 2.15. The van der Waals surface area contributed by atoms with E-state index in [1.807, 2.05) is 25.1 Å². The second-order valence-corrected chi connectivity index (χ2v) is 5.44. The van der Waals surface area contributed by atoms with Crippen LogP contribution in [0.2, 0.25) is 5.02 Å². The second kappa shape index (κ2) is 7.13. The first kappa shape index (κ1) is 16.1. The Balaban J connectivity index is 1.96. The van der Waals surface area contributed by atoms with E-state index in [1.54, 1.807) is 43.5 Å². The van der Waals surface area contributed by atoms with Gasteiger partial charge in [0.25, 0.3) is 5.91 Å². The van der Waals surface area contributed by atoms with Gasteiger partial charge >= 0.3 is 0 Å². The van der Waals surface area contributed by atoms with Crippen LogP contribution < -0.4 is 15.0 Å². The Morgan fingerprint density at radius 1 is 1.32 bits per heavy atom. The normalized spacial score (nSPS) is 11.6. The van der Waals surface area contributed by atoms with Crippen LogP contribution in [0.1, 0.15) is 6.92 Å². The number of halogens is 1. The summed E-state index contributed by atoms with van der Waals surface area (Å²) in [5.74, 6) is 1.12. The van der Waals surface area contributed by atoms with Crippen molar-refractivity contribution in [3.05, 3.63) is 47.6 Å². The highest BCUT2D eigenvalue weighted by atomic mass is 35.5. The van der Waals surface area contributed by atoms with Gasteiger partial charge in [0.15, 0.2) is 6.10 Å². The molecule has 0 bridgehead atoms. The van der Waals surface area contributed by atoms with E-state index in [4.69, 9.17) is 16.3 Å². The first-order valence-corrected chi connectivity index (χ1v) is 7.20. The monoisotopic (exact) mass is 319 g/mol. The third kappa shape index (κ3) is 4.36. The molecule has 0 saturated heterocycles. The predicted octanol–water partition coefficient (Wildman–Crippen LogP) is 3.21. The average Bonchev–Trinajstić information content (AvgIpc) is 2.47. The Kier molecular flexibility index (Phi) is 5.22. The van der Waals surface area contributed by atoms with Crippen molar-refractivity contribution in [1.82, 2.24) is 4.98 Å². The van der Waals surface area contributed by atoms with E-state index in [-0.39, 0.29) is 5.91 Å². The third-order valence-electron chi connectivity index (χ3n) is 2.95. The third-order valence-corrected chi connectivity index (χ3v) is 3.19. The Bertz CT molecular complexity index is 644. The van der Waals surface area contributed by atoms with Crippen molar-refractivity contribution < 1.29 is 9.53 Å². The molecular weight excluding hydrogens is 302 g/mol. The van der Waals surface area contributed by atoms with Gasteiger partial charge in [-0.05, 0) is 37.3 Å². The van der Waals surface area contributed by atoms with Crippen LogP contribution in [0.15, 0.2) is 42.6 Å². The number of ether oxygens (including phenoxy) is 1. The number of hydrogen-bond donors (Lipinski definition) is 1. The molecule has 2 rings (SSSR count). The highest BCUT2D eigenvalue weighted by molar-refractivity contribution is 6.30. The number of benzene rings is 1. The van der Waals surface area contributed by atoms with E-state index in [1.165, 1.54) is 0 Å². The molecule has 1 aromatic heterocycles. The maximum absolute atomic E-state index is 12.1. The molecule has 0 saturated carbocycles. The number of nitrogens with zero attached hydrogens (tertiary/aromatic N) is 2. The summed E-state index contributed by atoms with van der Waals surface area (Å²) in [7, 11) is 3.81. The zero-order valence-corrected chi connectivity index (χ0v) is 13.5. The van der Waals surface area contributed by atoms with Gasteiger partial charge in [-0.25, -0.2) is 4.98 Å². The van der Waals surface area contributed by atoms with Crippen LogP contribution in [0.4, 0.5) is 11.5 Å². The van der Waals surface area contributed by atoms with Crippen molar-refractivity contribution in [2.45, 2.75) is 13.0 Å². The molecule has 0 aliphatic carbocycles. The fraction of sp³-hybridized carbons (Fsp3) is 0.250. The summed E-state index contributed by atoms with van der Waals surface area (Å²) in [5, 5.41) is 3.33. The van der Waals surface area contributed by atoms with E-state index in [0.29, 0.717) is 16.5 Å². The van der Waals surface area contributed by atoms with E-state index in [0.717, 1.165) is 5.82 Å². The molecule has 1 N–H and O–H groups in total.